The van der Waals surface area contributed by atoms with Crippen LogP contribution < -0.4 is 10.5 Å². The lowest BCUT2D eigenvalue weighted by molar-refractivity contribution is 0.588. The molecule has 0 amide bonds. The smallest absolute Gasteiger partial charge is 0.240 e. The fraction of sp³-hybridized carbons (Fsp3) is 0.200. The molecule has 0 heterocycles. The Bertz CT molecular complexity index is 771. The fourth-order valence-corrected chi connectivity index (χ4v) is 3.51. The molecule has 0 saturated carbocycles. The standard InChI is InChI=1S/C15H18N2O2S2/c1-10-4-5-12(8-11(10)2)20-15-7-6-13(9-14(15)16)21(18,19)17-3/h4-9,17H,16H2,1-3H3. The third-order valence-corrected chi connectivity index (χ3v) is 5.76. The molecular weight excluding hydrogens is 304 g/mol. The first kappa shape index (κ1) is 15.9. The van der Waals surface area contributed by atoms with Gasteiger partial charge in [-0.05, 0) is 62.4 Å². The SMILES string of the molecule is CNS(=O)(=O)c1ccc(Sc2ccc(C)c(C)c2)c(N)c1. The lowest BCUT2D eigenvalue weighted by atomic mass is 10.1. The molecule has 2 aromatic rings. The van der Waals surface area contributed by atoms with Crippen molar-refractivity contribution in [3.63, 3.8) is 0 Å². The molecule has 0 saturated heterocycles. The van der Waals surface area contributed by atoms with Gasteiger partial charge in [-0.25, -0.2) is 13.1 Å². The molecule has 0 atom stereocenters. The van der Waals surface area contributed by atoms with Gasteiger partial charge in [0.15, 0.2) is 0 Å². The Balaban J connectivity index is 2.31. The number of benzene rings is 2. The van der Waals surface area contributed by atoms with Crippen molar-refractivity contribution in [3.8, 4) is 0 Å². The van der Waals surface area contributed by atoms with Gasteiger partial charge >= 0.3 is 0 Å². The lowest BCUT2D eigenvalue weighted by Crippen LogP contribution is -2.18. The van der Waals surface area contributed by atoms with Gasteiger partial charge in [-0.3, -0.25) is 0 Å². The normalized spacial score (nSPS) is 11.6. The van der Waals surface area contributed by atoms with Crippen molar-refractivity contribution in [1.29, 1.82) is 0 Å². The molecule has 0 bridgehead atoms. The molecule has 2 aromatic carbocycles. The first-order chi connectivity index (χ1) is 9.83. The second kappa shape index (κ2) is 6.09. The van der Waals surface area contributed by atoms with E-state index in [1.165, 1.54) is 36.0 Å². The maximum Gasteiger partial charge on any atom is 0.240 e. The summed E-state index contributed by atoms with van der Waals surface area (Å²) in [6.07, 6.45) is 0. The van der Waals surface area contributed by atoms with Crippen LogP contribution in [0.25, 0.3) is 0 Å². The van der Waals surface area contributed by atoms with E-state index in [9.17, 15) is 8.42 Å². The van der Waals surface area contributed by atoms with Crippen LogP contribution in [0.5, 0.6) is 0 Å². The van der Waals surface area contributed by atoms with Gasteiger partial charge in [0.25, 0.3) is 0 Å². The van der Waals surface area contributed by atoms with Gasteiger partial charge in [-0.1, -0.05) is 17.8 Å². The minimum Gasteiger partial charge on any atom is -0.398 e. The Morgan fingerprint density at radius 2 is 1.76 bits per heavy atom. The molecule has 4 nitrogen and oxygen atoms in total. The summed E-state index contributed by atoms with van der Waals surface area (Å²) < 4.78 is 25.7. The van der Waals surface area contributed by atoms with Gasteiger partial charge in [-0.2, -0.15) is 0 Å². The summed E-state index contributed by atoms with van der Waals surface area (Å²) in [7, 11) is -2.08. The number of hydrogen-bond donors (Lipinski definition) is 2. The third-order valence-electron chi connectivity index (χ3n) is 3.27. The Hall–Kier alpha value is -1.50. The van der Waals surface area contributed by atoms with Crippen LogP contribution >= 0.6 is 11.8 Å². The van der Waals surface area contributed by atoms with E-state index in [0.717, 1.165) is 9.79 Å². The van der Waals surface area contributed by atoms with Crippen molar-refractivity contribution in [2.45, 2.75) is 28.5 Å². The van der Waals surface area contributed by atoms with E-state index in [1.807, 2.05) is 6.07 Å². The number of nitrogens with two attached hydrogens (primary N) is 1. The van der Waals surface area contributed by atoms with Crippen molar-refractivity contribution in [1.82, 2.24) is 4.72 Å². The van der Waals surface area contributed by atoms with Crippen LogP contribution in [0.1, 0.15) is 11.1 Å². The molecular formula is C15H18N2O2S2. The Morgan fingerprint density at radius 1 is 1.05 bits per heavy atom. The van der Waals surface area contributed by atoms with Crippen LogP contribution in [0, 0.1) is 13.8 Å². The largest absolute Gasteiger partial charge is 0.398 e. The summed E-state index contributed by atoms with van der Waals surface area (Å²) in [5.41, 5.74) is 8.88. The van der Waals surface area contributed by atoms with Crippen molar-refractivity contribution < 1.29 is 8.42 Å². The zero-order chi connectivity index (χ0) is 15.6. The number of nitrogen functional groups attached to an aromatic ring is 1. The van der Waals surface area contributed by atoms with Gasteiger partial charge < -0.3 is 5.73 Å². The summed E-state index contributed by atoms with van der Waals surface area (Å²) >= 11 is 1.52. The average molecular weight is 322 g/mol. The van der Waals surface area contributed by atoms with Crippen LogP contribution in [-0.4, -0.2) is 15.5 Å². The minimum atomic E-state index is -3.46. The van der Waals surface area contributed by atoms with Gasteiger partial charge in [-0.15, -0.1) is 0 Å². The molecule has 0 fully saturated rings. The monoisotopic (exact) mass is 322 g/mol. The van der Waals surface area contributed by atoms with Crippen LogP contribution in [0.4, 0.5) is 5.69 Å². The van der Waals surface area contributed by atoms with Gasteiger partial charge in [0.05, 0.1) is 4.90 Å². The van der Waals surface area contributed by atoms with Gasteiger partial charge in [0.2, 0.25) is 10.0 Å². The van der Waals surface area contributed by atoms with Crippen LogP contribution in [0.15, 0.2) is 51.1 Å². The molecule has 0 aliphatic rings. The molecule has 0 radical (unpaired) electrons. The second-order valence-corrected chi connectivity index (χ2v) is 7.76. The number of anilines is 1. The molecule has 0 unspecified atom stereocenters. The van der Waals surface area contributed by atoms with E-state index >= 15 is 0 Å². The molecule has 6 heteroatoms. The summed E-state index contributed by atoms with van der Waals surface area (Å²) in [4.78, 5) is 2.09. The Morgan fingerprint density at radius 3 is 2.33 bits per heavy atom. The first-order valence-corrected chi connectivity index (χ1v) is 8.71. The maximum absolute atomic E-state index is 11.7. The van der Waals surface area contributed by atoms with E-state index in [0.29, 0.717) is 5.69 Å². The average Bonchev–Trinajstić information content (AvgIpc) is 2.45. The quantitative estimate of drug-likeness (QED) is 0.849. The highest BCUT2D eigenvalue weighted by Crippen LogP contribution is 2.34. The van der Waals surface area contributed by atoms with E-state index < -0.39 is 10.0 Å². The molecule has 2 rings (SSSR count). The molecule has 3 N–H and O–H groups in total. The second-order valence-electron chi connectivity index (χ2n) is 4.76. The van der Waals surface area contributed by atoms with E-state index in [1.54, 1.807) is 12.1 Å². The number of sulfonamides is 1. The van der Waals surface area contributed by atoms with E-state index in [2.05, 4.69) is 30.7 Å². The number of aryl methyl sites for hydroxylation is 2. The topological polar surface area (TPSA) is 72.2 Å². The Labute approximate surface area is 129 Å². The molecule has 0 aromatic heterocycles. The highest BCUT2D eigenvalue weighted by Gasteiger charge is 2.13. The summed E-state index contributed by atoms with van der Waals surface area (Å²) in [6.45, 7) is 4.13. The summed E-state index contributed by atoms with van der Waals surface area (Å²) in [5.74, 6) is 0. The summed E-state index contributed by atoms with van der Waals surface area (Å²) in [6, 6.07) is 11.0. The first-order valence-electron chi connectivity index (χ1n) is 6.41. The third kappa shape index (κ3) is 3.58. The highest BCUT2D eigenvalue weighted by atomic mass is 32.2. The van der Waals surface area contributed by atoms with Gasteiger partial charge in [0.1, 0.15) is 0 Å². The van der Waals surface area contributed by atoms with Gasteiger partial charge in [0, 0.05) is 15.5 Å². The predicted octanol–water partition coefficient (Wildman–Crippen LogP) is 2.94. The molecule has 0 aliphatic carbocycles. The fourth-order valence-electron chi connectivity index (χ4n) is 1.81. The van der Waals surface area contributed by atoms with E-state index in [-0.39, 0.29) is 4.90 Å². The van der Waals surface area contributed by atoms with Crippen LogP contribution in [0.3, 0.4) is 0 Å². The zero-order valence-corrected chi connectivity index (χ0v) is 13.8. The number of hydrogen-bond acceptors (Lipinski definition) is 4. The van der Waals surface area contributed by atoms with Crippen molar-refractivity contribution in [3.05, 3.63) is 47.5 Å². The molecule has 0 spiro atoms. The summed E-state index contributed by atoms with van der Waals surface area (Å²) in [5, 5.41) is 0. The van der Waals surface area contributed by atoms with Crippen LogP contribution in [-0.2, 0) is 10.0 Å². The molecule has 21 heavy (non-hydrogen) atoms. The zero-order valence-electron chi connectivity index (χ0n) is 12.2. The van der Waals surface area contributed by atoms with Crippen molar-refractivity contribution in [2.75, 3.05) is 12.8 Å². The lowest BCUT2D eigenvalue weighted by Gasteiger charge is -2.09. The molecule has 112 valence electrons. The van der Waals surface area contributed by atoms with Crippen molar-refractivity contribution >= 4 is 27.5 Å². The maximum atomic E-state index is 11.7. The highest BCUT2D eigenvalue weighted by molar-refractivity contribution is 7.99. The number of nitrogens with one attached hydrogen (secondary N) is 1. The predicted molar refractivity (Wildman–Crippen MR) is 87.1 cm³/mol. The molecule has 0 aliphatic heterocycles. The minimum absolute atomic E-state index is 0.173. The number of rotatable bonds is 4. The van der Waals surface area contributed by atoms with Crippen molar-refractivity contribution in [2.24, 2.45) is 0 Å². The van der Waals surface area contributed by atoms with E-state index in [4.69, 9.17) is 5.73 Å². The van der Waals surface area contributed by atoms with Crippen LogP contribution in [0.2, 0.25) is 0 Å². The Kier molecular flexibility index (Phi) is 4.61.